The number of anilines is 1. The van der Waals surface area contributed by atoms with E-state index >= 15 is 0 Å². The van der Waals surface area contributed by atoms with Gasteiger partial charge in [-0.25, -0.2) is 4.79 Å². The molecule has 0 saturated carbocycles. The number of hydrogen-bond acceptors (Lipinski definition) is 13. The molecule has 1 atom stereocenters. The number of alkyl halides is 3. The highest BCUT2D eigenvalue weighted by Gasteiger charge is 2.46. The van der Waals surface area contributed by atoms with E-state index in [1.54, 1.807) is 30.6 Å². The predicted octanol–water partition coefficient (Wildman–Crippen LogP) is 4.10. The predicted molar refractivity (Wildman–Crippen MR) is 245 cm³/mol. The summed E-state index contributed by atoms with van der Waals surface area (Å²) >= 11 is 0. The lowest BCUT2D eigenvalue weighted by molar-refractivity contribution is -0.137. The molecule has 0 bridgehead atoms. The average Bonchev–Trinajstić information content (AvgIpc) is 3.98. The van der Waals surface area contributed by atoms with Gasteiger partial charge in [0.15, 0.2) is 0 Å². The van der Waals surface area contributed by atoms with Gasteiger partial charge in [-0.2, -0.15) is 13.2 Å². The molecule has 9 rings (SSSR count). The second-order valence-corrected chi connectivity index (χ2v) is 17.5. The molecule has 21 heteroatoms. The zero-order valence-electron chi connectivity index (χ0n) is 38.1. The van der Waals surface area contributed by atoms with Crippen molar-refractivity contribution in [2.45, 2.75) is 56.7 Å². The number of rotatable bonds is 21. The van der Waals surface area contributed by atoms with Gasteiger partial charge in [-0.15, -0.1) is 10.2 Å². The molecule has 2 fully saturated rings. The largest absolute Gasteiger partial charge is 0.418 e. The average molecular weight is 966 g/mol. The molecule has 3 aliphatic rings. The molecule has 3 aromatic carbocycles. The van der Waals surface area contributed by atoms with Gasteiger partial charge in [0.1, 0.15) is 18.2 Å². The Kier molecular flexibility index (Phi) is 14.1. The maximum Gasteiger partial charge on any atom is 0.418 e. The number of ether oxygens (including phenoxy) is 4. The lowest BCUT2D eigenvalue weighted by Gasteiger charge is -2.41. The highest BCUT2D eigenvalue weighted by Crippen LogP contribution is 2.38. The summed E-state index contributed by atoms with van der Waals surface area (Å²) in [7, 11) is 1.86. The van der Waals surface area contributed by atoms with Crippen molar-refractivity contribution in [3.05, 3.63) is 147 Å². The number of nitrogens with zero attached hydrogens (tertiary/aromatic N) is 6. The van der Waals surface area contributed by atoms with Gasteiger partial charge in [0, 0.05) is 63.0 Å². The first-order valence-electron chi connectivity index (χ1n) is 22.8. The van der Waals surface area contributed by atoms with Gasteiger partial charge >= 0.3 is 11.9 Å². The van der Waals surface area contributed by atoms with E-state index in [9.17, 15) is 37.1 Å². The first kappa shape index (κ1) is 48.0. The van der Waals surface area contributed by atoms with Crippen molar-refractivity contribution in [1.29, 1.82) is 0 Å². The van der Waals surface area contributed by atoms with E-state index in [0.29, 0.717) is 77.1 Å². The number of carbonyl (C=O) groups is 4. The van der Waals surface area contributed by atoms with Crippen LogP contribution in [-0.2, 0) is 73.4 Å². The minimum atomic E-state index is -4.71. The molecule has 1 unspecified atom stereocenters. The molecule has 3 N–H and O–H groups in total. The Morgan fingerprint density at radius 2 is 1.57 bits per heavy atom. The smallest absolute Gasteiger partial charge is 0.382 e. The topological polar surface area (TPSA) is 202 Å². The summed E-state index contributed by atoms with van der Waals surface area (Å²) in [6.07, 6.45) is 0.235. The third-order valence-electron chi connectivity index (χ3n) is 12.6. The minimum Gasteiger partial charge on any atom is -0.382 e. The first-order valence-corrected chi connectivity index (χ1v) is 22.8. The SMILES string of the molecule is Cn1cnnc1CC1(c2cccc(-n3cc4c(C(F)(F)F)cc(CNCCOCCOCc5ccc(COCCNc6cccc7c6C(=O)N(C6CCC(=O)NC6=O)C7=O)cc5)cn4c3=O)c2)COC1. The molecule has 2 saturated heterocycles. The molecule has 4 amide bonds. The molecular weight excluding hydrogens is 916 g/mol. The van der Waals surface area contributed by atoms with Crippen molar-refractivity contribution in [2.75, 3.05) is 58.0 Å². The third kappa shape index (κ3) is 10.1. The van der Waals surface area contributed by atoms with E-state index in [-0.39, 0.29) is 48.2 Å². The molecule has 0 aliphatic carbocycles. The van der Waals surface area contributed by atoms with E-state index < -0.39 is 52.5 Å². The Morgan fingerprint density at radius 1 is 0.843 bits per heavy atom. The van der Waals surface area contributed by atoms with Crippen LogP contribution in [0.1, 0.15) is 67.2 Å². The number of hydrogen-bond donors (Lipinski definition) is 3. The van der Waals surface area contributed by atoms with Gasteiger partial charge in [-0.05, 0) is 59.0 Å². The van der Waals surface area contributed by atoms with Crippen molar-refractivity contribution in [1.82, 2.24) is 39.3 Å². The van der Waals surface area contributed by atoms with Crippen molar-refractivity contribution >= 4 is 34.8 Å². The first-order chi connectivity index (χ1) is 33.8. The molecule has 70 heavy (non-hydrogen) atoms. The third-order valence-corrected chi connectivity index (χ3v) is 12.6. The van der Waals surface area contributed by atoms with Gasteiger partial charge < -0.3 is 34.1 Å². The van der Waals surface area contributed by atoms with Crippen LogP contribution in [0.15, 0.2) is 96.3 Å². The number of benzene rings is 3. The molecule has 3 aliphatic heterocycles. The van der Waals surface area contributed by atoms with Gasteiger partial charge in [-0.1, -0.05) is 42.5 Å². The van der Waals surface area contributed by atoms with Crippen LogP contribution in [-0.4, -0.2) is 111 Å². The Hall–Kier alpha value is -7.04. The molecule has 6 aromatic rings. The van der Waals surface area contributed by atoms with Crippen LogP contribution < -0.4 is 21.6 Å². The summed E-state index contributed by atoms with van der Waals surface area (Å²) in [5, 5.41) is 16.6. The van der Waals surface area contributed by atoms with Crippen molar-refractivity contribution in [3.63, 3.8) is 0 Å². The van der Waals surface area contributed by atoms with Gasteiger partial charge in [0.2, 0.25) is 11.8 Å². The molecule has 0 spiro atoms. The number of imidazole rings is 1. The summed E-state index contributed by atoms with van der Waals surface area (Å²) in [5.41, 5.74) is 2.11. The van der Waals surface area contributed by atoms with E-state index in [4.69, 9.17) is 18.9 Å². The highest BCUT2D eigenvalue weighted by atomic mass is 19.4. The fourth-order valence-electron chi connectivity index (χ4n) is 8.86. The molecule has 366 valence electrons. The number of aryl methyl sites for hydroxylation is 1. The van der Waals surface area contributed by atoms with Crippen LogP contribution in [0, 0.1) is 0 Å². The normalized spacial score (nSPS) is 16.7. The number of nitrogens with one attached hydrogen (secondary N) is 3. The Labute approximate surface area is 398 Å². The maximum absolute atomic E-state index is 14.4. The second-order valence-electron chi connectivity index (χ2n) is 17.5. The zero-order valence-corrected chi connectivity index (χ0v) is 38.1. The van der Waals surface area contributed by atoms with Crippen LogP contribution in [0.5, 0.6) is 0 Å². The number of halogens is 3. The molecular formula is C49H50F3N9O9. The van der Waals surface area contributed by atoms with Crippen LogP contribution in [0.2, 0.25) is 0 Å². The number of imide groups is 2. The Balaban J connectivity index is 0.686. The number of amides is 4. The van der Waals surface area contributed by atoms with Gasteiger partial charge in [-0.3, -0.25) is 38.4 Å². The van der Waals surface area contributed by atoms with E-state index in [0.717, 1.165) is 37.9 Å². The summed E-state index contributed by atoms with van der Waals surface area (Å²) in [4.78, 5) is 65.1. The van der Waals surface area contributed by atoms with Crippen LogP contribution in [0.25, 0.3) is 11.2 Å². The molecule has 6 heterocycles. The number of carbonyl (C=O) groups excluding carboxylic acids is 4. The zero-order chi connectivity index (χ0) is 49.0. The van der Waals surface area contributed by atoms with Gasteiger partial charge in [0.05, 0.1) is 80.7 Å². The lowest BCUT2D eigenvalue weighted by atomic mass is 9.75. The van der Waals surface area contributed by atoms with E-state index in [2.05, 4.69) is 26.1 Å². The number of piperidine rings is 1. The quantitative estimate of drug-likeness (QED) is 0.0689. The monoisotopic (exact) mass is 965 g/mol. The minimum absolute atomic E-state index is 0.0415. The van der Waals surface area contributed by atoms with Crippen LogP contribution >= 0.6 is 0 Å². The standard InChI is InChI=1S/C49H50F3N9O9/c1-58-30-55-57-41(58)22-48(28-70-29-48)34-4-2-5-35(21-34)59-25-40-37(49(50,51)52)20-33(24-60(40)47(59)66)23-53-14-16-67-18-19-69-27-32-10-8-31(9-11-32)26-68-17-15-54-38-7-3-6-36-43(38)46(65)61(45(36)64)39-12-13-42(62)56-44(39)63/h2-11,20-21,24-25,30,39,53-54H,12-19,22-23,26-29H2,1H3,(H,56,62,63). The van der Waals surface area contributed by atoms with Crippen LogP contribution in [0.3, 0.4) is 0 Å². The van der Waals surface area contributed by atoms with E-state index in [1.807, 2.05) is 48.0 Å². The summed E-state index contributed by atoms with van der Waals surface area (Å²) in [6.45, 7) is 3.53. The number of aromatic nitrogens is 5. The number of fused-ring (bicyclic) bond motifs is 2. The van der Waals surface area contributed by atoms with Crippen molar-refractivity contribution < 1.29 is 51.3 Å². The Bertz CT molecular complexity index is 2980. The van der Waals surface area contributed by atoms with Crippen LogP contribution in [0.4, 0.5) is 18.9 Å². The number of pyridine rings is 1. The Morgan fingerprint density at radius 3 is 2.27 bits per heavy atom. The molecule has 3 aromatic heterocycles. The fourth-order valence-corrected chi connectivity index (χ4v) is 8.86. The fraction of sp³-hybridized carbons (Fsp3) is 0.367. The molecule has 18 nitrogen and oxygen atoms in total. The summed E-state index contributed by atoms with van der Waals surface area (Å²) < 4.78 is 70.2. The lowest BCUT2D eigenvalue weighted by Crippen LogP contribution is -2.54. The highest BCUT2D eigenvalue weighted by molar-refractivity contribution is 6.25. The molecule has 0 radical (unpaired) electrons. The summed E-state index contributed by atoms with van der Waals surface area (Å²) in [6, 6.07) is 19.8. The van der Waals surface area contributed by atoms with Crippen molar-refractivity contribution in [2.24, 2.45) is 7.05 Å². The van der Waals surface area contributed by atoms with Crippen molar-refractivity contribution in [3.8, 4) is 5.69 Å². The van der Waals surface area contributed by atoms with E-state index in [1.165, 1.54) is 23.0 Å². The van der Waals surface area contributed by atoms with Gasteiger partial charge in [0.25, 0.3) is 11.8 Å². The second kappa shape index (κ2) is 20.5. The maximum atomic E-state index is 14.4. The summed E-state index contributed by atoms with van der Waals surface area (Å²) in [5.74, 6) is -1.49.